The van der Waals surface area contributed by atoms with Crippen molar-refractivity contribution < 1.29 is 0 Å². The van der Waals surface area contributed by atoms with Gasteiger partial charge in [0, 0.05) is 17.0 Å². The van der Waals surface area contributed by atoms with Crippen molar-refractivity contribution in [2.75, 3.05) is 0 Å². The van der Waals surface area contributed by atoms with E-state index >= 15 is 0 Å². The molecule has 3 aromatic rings. The van der Waals surface area contributed by atoms with Crippen molar-refractivity contribution >= 4 is 21.6 Å². The van der Waals surface area contributed by atoms with Gasteiger partial charge in [-0.25, -0.2) is 4.98 Å². The number of fused-ring (bicyclic) bond motifs is 1. The summed E-state index contributed by atoms with van der Waals surface area (Å²) >= 11 is 1.48. The molecule has 0 amide bonds. The molecule has 0 atom stereocenters. The third-order valence-corrected chi connectivity index (χ3v) is 4.45. The van der Waals surface area contributed by atoms with Crippen LogP contribution >= 0.6 is 11.3 Å². The highest BCUT2D eigenvalue weighted by Crippen LogP contribution is 2.32. The Balaban J connectivity index is 2.29. The normalized spacial score (nSPS) is 11.4. The average molecular weight is 284 g/mol. The minimum Gasteiger partial charge on any atom is -0.295 e. The number of thiophene rings is 1. The number of rotatable bonds is 2. The van der Waals surface area contributed by atoms with Gasteiger partial charge in [0.15, 0.2) is 0 Å². The van der Waals surface area contributed by atoms with E-state index in [2.05, 4.69) is 24.0 Å². The molecule has 20 heavy (non-hydrogen) atoms. The van der Waals surface area contributed by atoms with Gasteiger partial charge in [0.25, 0.3) is 5.56 Å². The molecule has 0 fully saturated rings. The Labute approximate surface area is 121 Å². The molecule has 3 rings (SSSR count). The monoisotopic (exact) mass is 284 g/mol. The second-order valence-electron chi connectivity index (χ2n) is 5.19. The van der Waals surface area contributed by atoms with Gasteiger partial charge in [-0.05, 0) is 31.9 Å². The van der Waals surface area contributed by atoms with Gasteiger partial charge in [-0.3, -0.25) is 9.36 Å². The molecule has 102 valence electrons. The first kappa shape index (κ1) is 13.1. The zero-order valence-corrected chi connectivity index (χ0v) is 12.6. The summed E-state index contributed by atoms with van der Waals surface area (Å²) in [6, 6.07) is 8.32. The van der Waals surface area contributed by atoms with Crippen LogP contribution < -0.4 is 5.56 Å². The van der Waals surface area contributed by atoms with Crippen molar-refractivity contribution in [3.8, 4) is 11.1 Å². The maximum atomic E-state index is 12.4. The molecule has 3 nitrogen and oxygen atoms in total. The van der Waals surface area contributed by atoms with E-state index in [-0.39, 0.29) is 11.6 Å². The second-order valence-corrected chi connectivity index (χ2v) is 6.07. The van der Waals surface area contributed by atoms with Crippen LogP contribution in [0.2, 0.25) is 0 Å². The van der Waals surface area contributed by atoms with Gasteiger partial charge in [0.1, 0.15) is 4.70 Å². The highest BCUT2D eigenvalue weighted by atomic mass is 32.1. The predicted octanol–water partition coefficient (Wildman–Crippen LogP) is 4.01. The molecule has 2 heterocycles. The van der Waals surface area contributed by atoms with E-state index in [9.17, 15) is 4.79 Å². The van der Waals surface area contributed by atoms with Gasteiger partial charge in [0.2, 0.25) is 0 Å². The first-order valence-corrected chi connectivity index (χ1v) is 7.52. The van der Waals surface area contributed by atoms with E-state index in [0.717, 1.165) is 21.3 Å². The molecule has 0 aliphatic rings. The summed E-state index contributed by atoms with van der Waals surface area (Å²) in [6.07, 6.45) is 1.66. The standard InChI is InChI=1S/C16H16N2OS/c1-10(2)18-9-17-14-13(8-20-15(14)16(18)19)12-7-5-4-6-11(12)3/h4-10H,1-3H3. The van der Waals surface area contributed by atoms with Crippen LogP contribution in [0.5, 0.6) is 0 Å². The average Bonchev–Trinajstić information content (AvgIpc) is 2.84. The summed E-state index contributed by atoms with van der Waals surface area (Å²) < 4.78 is 2.42. The molecule has 0 radical (unpaired) electrons. The Morgan fingerprint density at radius 1 is 1.20 bits per heavy atom. The van der Waals surface area contributed by atoms with Crippen molar-refractivity contribution in [1.29, 1.82) is 0 Å². The fourth-order valence-corrected chi connectivity index (χ4v) is 3.31. The first-order chi connectivity index (χ1) is 9.59. The van der Waals surface area contributed by atoms with Gasteiger partial charge in [-0.2, -0.15) is 0 Å². The molecule has 0 saturated heterocycles. The molecule has 0 saturated carbocycles. The fourth-order valence-electron chi connectivity index (χ4n) is 2.36. The number of hydrogen-bond acceptors (Lipinski definition) is 3. The minimum absolute atomic E-state index is 0.0508. The predicted molar refractivity (Wildman–Crippen MR) is 84.4 cm³/mol. The van der Waals surface area contributed by atoms with Crippen molar-refractivity contribution in [2.45, 2.75) is 26.8 Å². The molecule has 2 aromatic heterocycles. The smallest absolute Gasteiger partial charge is 0.271 e. The third-order valence-electron chi connectivity index (χ3n) is 3.50. The summed E-state index contributed by atoms with van der Waals surface area (Å²) in [5, 5.41) is 2.03. The number of nitrogens with zero attached hydrogens (tertiary/aromatic N) is 2. The Hall–Kier alpha value is -1.94. The Morgan fingerprint density at radius 2 is 1.95 bits per heavy atom. The Kier molecular flexibility index (Phi) is 3.18. The largest absolute Gasteiger partial charge is 0.295 e. The van der Waals surface area contributed by atoms with Crippen LogP contribution in [-0.4, -0.2) is 9.55 Å². The molecule has 0 N–H and O–H groups in total. The number of benzene rings is 1. The van der Waals surface area contributed by atoms with Gasteiger partial charge in [0.05, 0.1) is 11.8 Å². The lowest BCUT2D eigenvalue weighted by Crippen LogP contribution is -2.21. The van der Waals surface area contributed by atoms with Crippen molar-refractivity contribution in [1.82, 2.24) is 9.55 Å². The topological polar surface area (TPSA) is 34.9 Å². The van der Waals surface area contributed by atoms with Gasteiger partial charge in [-0.1, -0.05) is 24.3 Å². The molecule has 4 heteroatoms. The Morgan fingerprint density at radius 3 is 2.65 bits per heavy atom. The summed E-state index contributed by atoms with van der Waals surface area (Å²) in [6.45, 7) is 6.06. The Bertz CT molecular complexity index is 830. The van der Waals surface area contributed by atoms with Gasteiger partial charge in [-0.15, -0.1) is 11.3 Å². The molecule has 0 unspecified atom stereocenters. The van der Waals surface area contributed by atoms with E-state index < -0.39 is 0 Å². The molecule has 0 aliphatic heterocycles. The van der Waals surface area contributed by atoms with Crippen LogP contribution in [-0.2, 0) is 0 Å². The summed E-state index contributed by atoms with van der Waals surface area (Å²) in [5.41, 5.74) is 4.26. The molecular formula is C16H16N2OS. The molecular weight excluding hydrogens is 268 g/mol. The third kappa shape index (κ3) is 1.96. The molecule has 0 spiro atoms. The zero-order valence-electron chi connectivity index (χ0n) is 11.8. The number of aromatic nitrogens is 2. The lowest BCUT2D eigenvalue weighted by molar-refractivity contribution is 0.574. The zero-order chi connectivity index (χ0) is 14.3. The first-order valence-electron chi connectivity index (χ1n) is 6.64. The van der Waals surface area contributed by atoms with Crippen LogP contribution in [0.3, 0.4) is 0 Å². The van der Waals surface area contributed by atoms with E-state index in [1.807, 2.05) is 31.4 Å². The van der Waals surface area contributed by atoms with Crippen molar-refractivity contribution in [3.63, 3.8) is 0 Å². The molecule has 1 aromatic carbocycles. The molecule has 0 bridgehead atoms. The van der Waals surface area contributed by atoms with Crippen LogP contribution in [0.1, 0.15) is 25.5 Å². The fraction of sp³-hybridized carbons (Fsp3) is 0.250. The van der Waals surface area contributed by atoms with Crippen LogP contribution in [0.25, 0.3) is 21.3 Å². The van der Waals surface area contributed by atoms with E-state index in [1.165, 1.54) is 16.9 Å². The second kappa shape index (κ2) is 4.87. The van der Waals surface area contributed by atoms with E-state index in [4.69, 9.17) is 0 Å². The van der Waals surface area contributed by atoms with Crippen LogP contribution in [0.15, 0.2) is 40.8 Å². The van der Waals surface area contributed by atoms with E-state index in [0.29, 0.717) is 0 Å². The highest BCUT2D eigenvalue weighted by molar-refractivity contribution is 7.17. The summed E-state index contributed by atoms with van der Waals surface area (Å²) in [4.78, 5) is 16.9. The van der Waals surface area contributed by atoms with Crippen molar-refractivity contribution in [2.24, 2.45) is 0 Å². The highest BCUT2D eigenvalue weighted by Gasteiger charge is 2.14. The lowest BCUT2D eigenvalue weighted by Gasteiger charge is -2.09. The summed E-state index contributed by atoms with van der Waals surface area (Å²) in [7, 11) is 0. The van der Waals surface area contributed by atoms with E-state index in [1.54, 1.807) is 10.9 Å². The van der Waals surface area contributed by atoms with Crippen LogP contribution in [0.4, 0.5) is 0 Å². The van der Waals surface area contributed by atoms with Crippen LogP contribution in [0, 0.1) is 6.92 Å². The lowest BCUT2D eigenvalue weighted by atomic mass is 10.0. The number of aryl methyl sites for hydroxylation is 1. The van der Waals surface area contributed by atoms with Gasteiger partial charge < -0.3 is 0 Å². The number of hydrogen-bond donors (Lipinski definition) is 0. The molecule has 0 aliphatic carbocycles. The SMILES string of the molecule is Cc1ccccc1-c1csc2c(=O)n(C(C)C)cnc12. The minimum atomic E-state index is 0.0508. The quantitative estimate of drug-likeness (QED) is 0.712. The maximum Gasteiger partial charge on any atom is 0.271 e. The summed E-state index contributed by atoms with van der Waals surface area (Å²) in [5.74, 6) is 0. The van der Waals surface area contributed by atoms with Crippen molar-refractivity contribution in [3.05, 3.63) is 51.9 Å². The maximum absolute atomic E-state index is 12.4. The van der Waals surface area contributed by atoms with Gasteiger partial charge >= 0.3 is 0 Å².